The first kappa shape index (κ1) is 34.0. The number of piperidine rings is 1. The molecule has 1 atom stereocenters. The number of hydrogen-bond donors (Lipinski definition) is 2. The van der Waals surface area contributed by atoms with E-state index in [1.165, 1.54) is 6.20 Å². The lowest BCUT2D eigenvalue weighted by molar-refractivity contribution is -0.0358. The van der Waals surface area contributed by atoms with Crippen molar-refractivity contribution in [2.24, 2.45) is 0 Å². The summed E-state index contributed by atoms with van der Waals surface area (Å²) in [5.74, 6) is 1.08. The Morgan fingerprint density at radius 2 is 1.96 bits per heavy atom. The van der Waals surface area contributed by atoms with Gasteiger partial charge in [0, 0.05) is 54.2 Å². The van der Waals surface area contributed by atoms with E-state index in [2.05, 4.69) is 31.7 Å². The van der Waals surface area contributed by atoms with Crippen LogP contribution in [0.2, 0.25) is 5.02 Å². The maximum absolute atomic E-state index is 12.9. The second-order valence-electron chi connectivity index (χ2n) is 13.7. The number of amides is 3. The van der Waals surface area contributed by atoms with E-state index in [1.807, 2.05) is 45.9 Å². The number of rotatable bonds is 7. The molecule has 2 aliphatic rings. The van der Waals surface area contributed by atoms with Crippen LogP contribution in [-0.2, 0) is 4.74 Å². The number of nitrogens with one attached hydrogen (secondary N) is 2. The average Bonchev–Trinajstić information content (AvgIpc) is 3.50. The number of urea groups is 1. The number of carbonyl (C=O) groups is 2. The molecular weight excluding hydrogens is 646 g/mol. The van der Waals surface area contributed by atoms with Gasteiger partial charge in [0.1, 0.15) is 36.0 Å². The molecule has 0 unspecified atom stereocenters. The van der Waals surface area contributed by atoms with Crippen LogP contribution in [0.4, 0.5) is 10.6 Å². The predicted molar refractivity (Wildman–Crippen MR) is 185 cm³/mol. The second kappa shape index (κ2) is 13.9. The van der Waals surface area contributed by atoms with Gasteiger partial charge in [-0.25, -0.2) is 19.3 Å². The number of aromatic nitrogens is 4. The number of nitriles is 1. The highest BCUT2D eigenvalue weighted by atomic mass is 35.5. The van der Waals surface area contributed by atoms with Gasteiger partial charge in [0.05, 0.1) is 41.6 Å². The molecule has 0 aromatic carbocycles. The van der Waals surface area contributed by atoms with E-state index >= 15 is 0 Å². The lowest BCUT2D eigenvalue weighted by Gasteiger charge is -2.40. The normalized spacial score (nSPS) is 17.8. The average molecular weight is 686 g/mol. The van der Waals surface area contributed by atoms with Gasteiger partial charge in [-0.15, -0.1) is 0 Å². The molecule has 0 bridgehead atoms. The minimum absolute atomic E-state index is 0.127. The van der Waals surface area contributed by atoms with Crippen molar-refractivity contribution in [3.05, 3.63) is 71.4 Å². The van der Waals surface area contributed by atoms with Crippen LogP contribution in [0.1, 0.15) is 56.6 Å². The molecule has 2 fully saturated rings. The van der Waals surface area contributed by atoms with E-state index in [4.69, 9.17) is 26.1 Å². The predicted octanol–water partition coefficient (Wildman–Crippen LogP) is 4.69. The van der Waals surface area contributed by atoms with E-state index in [9.17, 15) is 14.9 Å². The fourth-order valence-corrected chi connectivity index (χ4v) is 6.25. The Morgan fingerprint density at radius 3 is 2.65 bits per heavy atom. The molecule has 0 radical (unpaired) electrons. The van der Waals surface area contributed by atoms with Crippen LogP contribution in [0, 0.1) is 11.3 Å². The monoisotopic (exact) mass is 685 g/mol. The van der Waals surface area contributed by atoms with E-state index in [1.54, 1.807) is 40.1 Å². The lowest BCUT2D eigenvalue weighted by Crippen LogP contribution is -2.54. The quantitative estimate of drug-likeness (QED) is 0.282. The molecule has 49 heavy (non-hydrogen) atoms. The summed E-state index contributed by atoms with van der Waals surface area (Å²) in [5, 5.41) is 20.7. The SMILES string of the molecule is CC(C)(C)NC(=O)N1CCO[C@H](COc2cc(-c3ccc(N4CCC(C)(NC(=O)c5ncccc5Cl)CC4)nc3)c3c(C#N)cnn3c2)C1. The number of carbonyl (C=O) groups excluding carboxylic acids is 2. The fraction of sp³-hybridized carbons (Fsp3) is 0.429. The van der Waals surface area contributed by atoms with Gasteiger partial charge in [-0.2, -0.15) is 10.4 Å². The van der Waals surface area contributed by atoms with Crippen molar-refractivity contribution in [1.29, 1.82) is 5.26 Å². The first-order chi connectivity index (χ1) is 23.4. The van der Waals surface area contributed by atoms with Gasteiger partial charge in [0.2, 0.25) is 0 Å². The van der Waals surface area contributed by atoms with Crippen LogP contribution in [-0.4, -0.2) is 93.0 Å². The minimum Gasteiger partial charge on any atom is -0.489 e. The van der Waals surface area contributed by atoms with Gasteiger partial charge in [0.25, 0.3) is 5.91 Å². The van der Waals surface area contributed by atoms with E-state index in [0.29, 0.717) is 54.6 Å². The second-order valence-corrected chi connectivity index (χ2v) is 14.1. The number of morpholine rings is 1. The summed E-state index contributed by atoms with van der Waals surface area (Å²) >= 11 is 6.19. The Hall–Kier alpha value is -4.93. The summed E-state index contributed by atoms with van der Waals surface area (Å²) in [6, 6.07) is 11.3. The summed E-state index contributed by atoms with van der Waals surface area (Å²) in [7, 11) is 0. The van der Waals surface area contributed by atoms with Gasteiger partial charge in [0.15, 0.2) is 0 Å². The molecule has 2 aliphatic heterocycles. The molecule has 0 aliphatic carbocycles. The summed E-state index contributed by atoms with van der Waals surface area (Å²) in [6.45, 7) is 10.9. The van der Waals surface area contributed by atoms with E-state index in [0.717, 1.165) is 29.8 Å². The van der Waals surface area contributed by atoms with Crippen LogP contribution in [0.15, 0.2) is 55.1 Å². The number of pyridine rings is 3. The van der Waals surface area contributed by atoms with Crippen molar-refractivity contribution < 1.29 is 19.1 Å². The van der Waals surface area contributed by atoms with Gasteiger partial charge < -0.3 is 29.9 Å². The molecule has 2 saturated heterocycles. The summed E-state index contributed by atoms with van der Waals surface area (Å²) < 4.78 is 13.7. The molecule has 14 heteroatoms. The number of nitrogens with zero attached hydrogens (tertiary/aromatic N) is 7. The highest BCUT2D eigenvalue weighted by molar-refractivity contribution is 6.33. The standard InChI is InChI=1S/C35H40ClN9O4/c1-34(2,3)42-33(47)44-14-15-48-26(20-44)22-49-25-16-27(31-24(17-37)19-40-45(31)21-25)23-7-8-29(39-18-23)43-12-9-35(4,10-13-43)41-32(46)30-28(36)6-5-11-38-30/h5-8,11,16,18-19,21,26H,9-10,12-15,20,22H2,1-4H3,(H,41,46)(H,42,47)/t26-/m0/s1. The van der Waals surface area contributed by atoms with Crippen molar-refractivity contribution in [1.82, 2.24) is 35.1 Å². The van der Waals surface area contributed by atoms with Crippen LogP contribution in [0.3, 0.4) is 0 Å². The molecule has 0 spiro atoms. The lowest BCUT2D eigenvalue weighted by atomic mass is 9.89. The molecule has 6 heterocycles. The zero-order valence-corrected chi connectivity index (χ0v) is 28.8. The molecule has 256 valence electrons. The van der Waals surface area contributed by atoms with Crippen LogP contribution in [0.5, 0.6) is 5.75 Å². The minimum atomic E-state index is -0.407. The van der Waals surface area contributed by atoms with Crippen LogP contribution < -0.4 is 20.3 Å². The summed E-state index contributed by atoms with van der Waals surface area (Å²) in [6.07, 6.45) is 7.75. The molecule has 13 nitrogen and oxygen atoms in total. The molecule has 3 amide bonds. The molecule has 6 rings (SSSR count). The number of hydrogen-bond acceptors (Lipinski definition) is 9. The third kappa shape index (κ3) is 7.87. The van der Waals surface area contributed by atoms with Gasteiger partial charge >= 0.3 is 6.03 Å². The Balaban J connectivity index is 1.13. The summed E-state index contributed by atoms with van der Waals surface area (Å²) in [5.41, 5.74) is 2.13. The Kier molecular flexibility index (Phi) is 9.63. The molecule has 4 aromatic rings. The Labute approximate surface area is 290 Å². The van der Waals surface area contributed by atoms with Crippen molar-refractivity contribution in [3.63, 3.8) is 0 Å². The number of anilines is 1. The number of fused-ring (bicyclic) bond motifs is 1. The molecule has 0 saturated carbocycles. The highest BCUT2D eigenvalue weighted by Gasteiger charge is 2.33. The smallest absolute Gasteiger partial charge is 0.317 e. The van der Waals surface area contributed by atoms with Crippen molar-refractivity contribution in [2.75, 3.05) is 44.3 Å². The topological polar surface area (TPSA) is 150 Å². The van der Waals surface area contributed by atoms with Gasteiger partial charge in [-0.05, 0) is 70.9 Å². The third-order valence-electron chi connectivity index (χ3n) is 8.69. The maximum atomic E-state index is 12.9. The van der Waals surface area contributed by atoms with Crippen LogP contribution in [0.25, 0.3) is 16.6 Å². The third-order valence-corrected chi connectivity index (χ3v) is 8.99. The maximum Gasteiger partial charge on any atom is 0.317 e. The zero-order valence-electron chi connectivity index (χ0n) is 28.1. The Bertz CT molecular complexity index is 1870. The first-order valence-corrected chi connectivity index (χ1v) is 16.7. The number of ether oxygens (including phenoxy) is 2. The first-order valence-electron chi connectivity index (χ1n) is 16.3. The Morgan fingerprint density at radius 1 is 1.16 bits per heavy atom. The van der Waals surface area contributed by atoms with E-state index in [-0.39, 0.29) is 35.9 Å². The van der Waals surface area contributed by atoms with E-state index < -0.39 is 5.54 Å². The summed E-state index contributed by atoms with van der Waals surface area (Å²) in [4.78, 5) is 38.4. The molecule has 2 N–H and O–H groups in total. The molecular formula is C35H40ClN9O4. The van der Waals surface area contributed by atoms with Crippen molar-refractivity contribution in [2.45, 2.75) is 57.7 Å². The van der Waals surface area contributed by atoms with Gasteiger partial charge in [-0.3, -0.25) is 4.79 Å². The zero-order chi connectivity index (χ0) is 34.8. The van der Waals surface area contributed by atoms with Crippen molar-refractivity contribution in [3.8, 4) is 22.9 Å². The largest absolute Gasteiger partial charge is 0.489 e. The molecule has 4 aromatic heterocycles. The number of halogens is 1. The highest BCUT2D eigenvalue weighted by Crippen LogP contribution is 2.32. The van der Waals surface area contributed by atoms with Crippen LogP contribution >= 0.6 is 11.6 Å². The van der Waals surface area contributed by atoms with Gasteiger partial charge in [-0.1, -0.05) is 11.6 Å². The fourth-order valence-electron chi connectivity index (χ4n) is 6.04. The van der Waals surface area contributed by atoms with Crippen molar-refractivity contribution >= 4 is 34.9 Å².